The smallest absolute Gasteiger partial charge is 0.330 e. The SMILES string of the molecule is COC(=O)/C=C1/C[C@H]2C[C@]3(O)O[C@H](C[C@@H](O)CC(=O)O[C@@H]([C@@H](C)O)C[C@@H]4C/C(=C\C(=O)OC)[C@@H](OC(C)=O)[C@@](O)(O4)C(C)(C)/C=C\[C@@H](C1)O2)C[C@H](OC(C)=O)C3(C)C. The number of cyclic esters (lactones) is 1. The van der Waals surface area contributed by atoms with Crippen LogP contribution in [-0.2, 0) is 61.9 Å². The highest BCUT2D eigenvalue weighted by atomic mass is 16.7. The number of ether oxygens (including phenoxy) is 8. The summed E-state index contributed by atoms with van der Waals surface area (Å²) >= 11 is 0. The van der Waals surface area contributed by atoms with Crippen LogP contribution in [-0.4, -0.2) is 131 Å². The normalized spacial score (nSPS) is 38.0. The van der Waals surface area contributed by atoms with E-state index in [0.717, 1.165) is 20.1 Å². The number of carbonyl (C=O) groups is 5. The Kier molecular flexibility index (Phi) is 15.1. The van der Waals surface area contributed by atoms with Gasteiger partial charge < -0.3 is 58.3 Å². The fourth-order valence-corrected chi connectivity index (χ4v) is 8.11. The highest BCUT2D eigenvalue weighted by molar-refractivity contribution is 5.83. The van der Waals surface area contributed by atoms with Crippen LogP contribution in [0.4, 0.5) is 0 Å². The van der Waals surface area contributed by atoms with Crippen LogP contribution in [0.25, 0.3) is 0 Å². The zero-order chi connectivity index (χ0) is 43.4. The highest BCUT2D eigenvalue weighted by Crippen LogP contribution is 2.50. The summed E-state index contributed by atoms with van der Waals surface area (Å²) in [5.74, 6) is -8.15. The minimum absolute atomic E-state index is 0.0778. The summed E-state index contributed by atoms with van der Waals surface area (Å²) < 4.78 is 46.0. The maximum Gasteiger partial charge on any atom is 0.330 e. The van der Waals surface area contributed by atoms with Crippen molar-refractivity contribution in [1.29, 1.82) is 0 Å². The van der Waals surface area contributed by atoms with Crippen molar-refractivity contribution >= 4 is 29.8 Å². The van der Waals surface area contributed by atoms with Crippen LogP contribution in [0, 0.1) is 10.8 Å². The van der Waals surface area contributed by atoms with E-state index in [0.29, 0.717) is 5.57 Å². The first-order valence-corrected chi connectivity index (χ1v) is 19.5. The lowest BCUT2D eigenvalue weighted by Gasteiger charge is -2.53. The first-order chi connectivity index (χ1) is 26.9. The molecule has 0 aromatic heterocycles. The van der Waals surface area contributed by atoms with E-state index in [-0.39, 0.29) is 50.5 Å². The second kappa shape index (κ2) is 18.7. The number of aliphatic hydroxyl groups excluding tert-OH is 2. The van der Waals surface area contributed by atoms with E-state index in [1.54, 1.807) is 39.8 Å². The molecular formula is C41H60O17. The van der Waals surface area contributed by atoms with Crippen molar-refractivity contribution in [2.75, 3.05) is 14.2 Å². The van der Waals surface area contributed by atoms with Crippen LogP contribution in [0.3, 0.4) is 0 Å². The molecular weight excluding hydrogens is 764 g/mol. The van der Waals surface area contributed by atoms with Crippen molar-refractivity contribution < 1.29 is 82.3 Å². The van der Waals surface area contributed by atoms with E-state index < -0.39 is 114 Å². The summed E-state index contributed by atoms with van der Waals surface area (Å²) in [4.78, 5) is 63.2. The number of fused-ring (bicyclic) bond motifs is 6. The van der Waals surface area contributed by atoms with Crippen molar-refractivity contribution in [1.82, 2.24) is 0 Å². The van der Waals surface area contributed by atoms with Crippen LogP contribution in [0.5, 0.6) is 0 Å². The van der Waals surface area contributed by atoms with E-state index in [2.05, 4.69) is 0 Å². The van der Waals surface area contributed by atoms with Gasteiger partial charge in [-0.25, -0.2) is 9.59 Å². The van der Waals surface area contributed by atoms with Crippen LogP contribution < -0.4 is 0 Å². The Morgan fingerprint density at radius 2 is 1.48 bits per heavy atom. The highest BCUT2D eigenvalue weighted by Gasteiger charge is 2.59. The Balaban J connectivity index is 1.88. The van der Waals surface area contributed by atoms with Crippen molar-refractivity contribution in [2.24, 2.45) is 10.8 Å². The number of rotatable bonds is 5. The van der Waals surface area contributed by atoms with Gasteiger partial charge in [0.15, 0.2) is 11.9 Å². The van der Waals surface area contributed by atoms with Crippen LogP contribution >= 0.6 is 0 Å². The molecule has 4 aliphatic heterocycles. The lowest BCUT2D eigenvalue weighted by Crippen LogP contribution is -2.62. The second-order valence-electron chi connectivity index (χ2n) is 16.9. The fraction of sp³-hybridized carbons (Fsp3) is 0.732. The quantitative estimate of drug-likeness (QED) is 0.135. The molecule has 6 bridgehead atoms. The molecule has 0 radical (unpaired) electrons. The van der Waals surface area contributed by atoms with Crippen molar-refractivity contribution in [3.8, 4) is 0 Å². The molecule has 0 amide bonds. The summed E-state index contributed by atoms with van der Waals surface area (Å²) in [5.41, 5.74) is -1.97. The number of esters is 5. The maximum absolute atomic E-state index is 13.3. The number of hydrogen-bond acceptors (Lipinski definition) is 17. The fourth-order valence-electron chi connectivity index (χ4n) is 8.11. The van der Waals surface area contributed by atoms with Crippen LogP contribution in [0.1, 0.15) is 99.8 Å². The predicted molar refractivity (Wildman–Crippen MR) is 201 cm³/mol. The van der Waals surface area contributed by atoms with E-state index in [4.69, 9.17) is 37.9 Å². The third-order valence-electron chi connectivity index (χ3n) is 11.5. The summed E-state index contributed by atoms with van der Waals surface area (Å²) in [7, 11) is 2.40. The number of aliphatic hydroxyl groups is 4. The molecule has 4 N–H and O–H groups in total. The van der Waals surface area contributed by atoms with E-state index in [1.165, 1.54) is 27.0 Å². The van der Waals surface area contributed by atoms with Crippen molar-refractivity contribution in [2.45, 2.75) is 166 Å². The number of carbonyl (C=O) groups excluding carboxylic acids is 5. The monoisotopic (exact) mass is 824 g/mol. The standard InChI is InChI=1S/C41H60O17/c1-22(42)32-19-29-15-26(16-35(47)52-9)37(54-24(3)44)41(50,58-29)38(4,5)11-10-28-12-25(14-34(46)51-8)13-31(55-28)21-40(49)39(6,7)33(53-23(2)43)20-30(57-40)17-27(45)18-36(48)56-32/h10-11,14,16,22,27-33,37,42,45,49-50H,12-13,15,17-21H2,1-9H3/b11-10-,25-14+,26-16+/t22-,27-,28+,29+,30-,31+,32-,33+,37-,40+,41-/m1/s1. The van der Waals surface area contributed by atoms with Crippen molar-refractivity contribution in [3.63, 3.8) is 0 Å². The largest absolute Gasteiger partial charge is 0.466 e. The van der Waals surface area contributed by atoms with Gasteiger partial charge in [0, 0.05) is 57.1 Å². The van der Waals surface area contributed by atoms with Gasteiger partial charge in [0.1, 0.15) is 12.2 Å². The van der Waals surface area contributed by atoms with Crippen molar-refractivity contribution in [3.05, 3.63) is 35.5 Å². The van der Waals surface area contributed by atoms with Crippen LogP contribution in [0.15, 0.2) is 35.5 Å². The molecule has 4 aliphatic rings. The third-order valence-corrected chi connectivity index (χ3v) is 11.5. The Hall–Kier alpha value is -3.71. The molecule has 3 fully saturated rings. The van der Waals surface area contributed by atoms with E-state index in [9.17, 15) is 44.4 Å². The molecule has 17 heteroatoms. The molecule has 11 atom stereocenters. The Labute approximate surface area is 338 Å². The van der Waals surface area contributed by atoms with Gasteiger partial charge in [-0.3, -0.25) is 14.4 Å². The second-order valence-corrected chi connectivity index (χ2v) is 16.9. The number of methoxy groups -OCH3 is 2. The molecule has 4 rings (SSSR count). The zero-order valence-electron chi connectivity index (χ0n) is 34.8. The Morgan fingerprint density at radius 3 is 2.09 bits per heavy atom. The predicted octanol–water partition coefficient (Wildman–Crippen LogP) is 2.39. The van der Waals surface area contributed by atoms with Gasteiger partial charge >= 0.3 is 29.8 Å². The van der Waals surface area contributed by atoms with Gasteiger partial charge in [0.2, 0.25) is 5.79 Å². The molecule has 0 spiro atoms. The number of hydrogen-bond donors (Lipinski definition) is 4. The van der Waals surface area contributed by atoms with Gasteiger partial charge in [0.05, 0.1) is 62.7 Å². The molecule has 0 saturated carbocycles. The van der Waals surface area contributed by atoms with Gasteiger partial charge in [0.25, 0.3) is 0 Å². The minimum Gasteiger partial charge on any atom is -0.466 e. The molecule has 0 aromatic carbocycles. The Bertz CT molecular complexity index is 1630. The molecule has 4 heterocycles. The van der Waals surface area contributed by atoms with Gasteiger partial charge in [-0.1, -0.05) is 45.4 Å². The van der Waals surface area contributed by atoms with E-state index >= 15 is 0 Å². The molecule has 326 valence electrons. The van der Waals surface area contributed by atoms with Gasteiger partial charge in [-0.2, -0.15) is 0 Å². The summed E-state index contributed by atoms with van der Waals surface area (Å²) in [5, 5.41) is 46.9. The molecule has 58 heavy (non-hydrogen) atoms. The molecule has 0 aliphatic carbocycles. The lowest BCUT2D eigenvalue weighted by molar-refractivity contribution is -0.348. The molecule has 0 aromatic rings. The minimum atomic E-state index is -2.41. The average Bonchev–Trinajstić information content (AvgIpc) is 3.09. The summed E-state index contributed by atoms with van der Waals surface area (Å²) in [6, 6.07) is 0. The molecule has 17 nitrogen and oxygen atoms in total. The average molecular weight is 825 g/mol. The first kappa shape index (κ1) is 47.0. The summed E-state index contributed by atoms with van der Waals surface area (Å²) in [6.45, 7) is 10.3. The first-order valence-electron chi connectivity index (χ1n) is 19.5. The topological polar surface area (TPSA) is 240 Å². The zero-order valence-corrected chi connectivity index (χ0v) is 34.8. The lowest BCUT2D eigenvalue weighted by atomic mass is 9.70. The van der Waals surface area contributed by atoms with Gasteiger partial charge in [-0.05, 0) is 31.8 Å². The Morgan fingerprint density at radius 1 is 0.845 bits per heavy atom. The summed E-state index contributed by atoms with van der Waals surface area (Å²) in [6.07, 6.45) is -5.03. The van der Waals surface area contributed by atoms with Crippen LogP contribution in [0.2, 0.25) is 0 Å². The molecule has 3 saturated heterocycles. The van der Waals surface area contributed by atoms with E-state index in [1.807, 2.05) is 0 Å². The maximum atomic E-state index is 13.3. The van der Waals surface area contributed by atoms with Gasteiger partial charge in [-0.15, -0.1) is 0 Å². The third kappa shape index (κ3) is 11.1. The molecule has 0 unspecified atom stereocenters.